The summed E-state index contributed by atoms with van der Waals surface area (Å²) in [4.78, 5) is 17.5. The van der Waals surface area contributed by atoms with Crippen LogP contribution in [-0.4, -0.2) is 46.1 Å². The Labute approximate surface area is 121 Å². The number of hydrogen-bond acceptors (Lipinski definition) is 4. The first kappa shape index (κ1) is 16.4. The van der Waals surface area contributed by atoms with Crippen LogP contribution in [0, 0.1) is 6.92 Å². The lowest BCUT2D eigenvalue weighted by atomic mass is 10.2. The van der Waals surface area contributed by atoms with Crippen LogP contribution in [0.2, 0.25) is 0 Å². The fourth-order valence-electron chi connectivity index (χ4n) is 2.31. The van der Waals surface area contributed by atoms with E-state index in [2.05, 4.69) is 42.9 Å². The van der Waals surface area contributed by atoms with Crippen molar-refractivity contribution in [3.63, 3.8) is 0 Å². The maximum absolute atomic E-state index is 11.2. The monoisotopic (exact) mass is 279 g/mol. The van der Waals surface area contributed by atoms with Crippen LogP contribution in [0.5, 0.6) is 0 Å². The maximum Gasteiger partial charge on any atom is 0.339 e. The molecule has 2 N–H and O–H groups in total. The number of aromatic nitrogens is 1. The van der Waals surface area contributed by atoms with Crippen LogP contribution in [-0.2, 0) is 0 Å². The van der Waals surface area contributed by atoms with Gasteiger partial charge in [-0.15, -0.1) is 0 Å². The minimum atomic E-state index is -0.954. The third-order valence-electron chi connectivity index (χ3n) is 3.28. The topological polar surface area (TPSA) is 65.5 Å². The molecule has 1 heterocycles. The van der Waals surface area contributed by atoms with Crippen molar-refractivity contribution in [2.45, 2.75) is 46.7 Å². The number of carboxylic acid groups (broad SMARTS) is 1. The highest BCUT2D eigenvalue weighted by atomic mass is 16.4. The highest BCUT2D eigenvalue weighted by Gasteiger charge is 2.14. The summed E-state index contributed by atoms with van der Waals surface area (Å²) in [6.07, 6.45) is 1.41. The Bertz CT molecular complexity index is 450. The summed E-state index contributed by atoms with van der Waals surface area (Å²) in [7, 11) is 0. The molecule has 0 fully saturated rings. The van der Waals surface area contributed by atoms with E-state index in [9.17, 15) is 4.79 Å². The molecule has 0 amide bonds. The minimum absolute atomic E-state index is 0.219. The van der Waals surface area contributed by atoms with Gasteiger partial charge >= 0.3 is 5.97 Å². The van der Waals surface area contributed by atoms with Gasteiger partial charge in [-0.1, -0.05) is 0 Å². The number of carbonyl (C=O) groups is 1. The summed E-state index contributed by atoms with van der Waals surface area (Å²) in [5, 5.41) is 12.4. The van der Waals surface area contributed by atoms with Crippen LogP contribution in [0.1, 0.15) is 43.7 Å². The summed E-state index contributed by atoms with van der Waals surface area (Å²) < 4.78 is 0. The van der Waals surface area contributed by atoms with Crippen LogP contribution in [0.3, 0.4) is 0 Å². The Hall–Kier alpha value is -1.62. The van der Waals surface area contributed by atoms with Gasteiger partial charge in [-0.25, -0.2) is 4.79 Å². The zero-order valence-corrected chi connectivity index (χ0v) is 13.0. The van der Waals surface area contributed by atoms with Gasteiger partial charge in [0.2, 0.25) is 0 Å². The van der Waals surface area contributed by atoms with Gasteiger partial charge in [0.25, 0.3) is 0 Å². The Kier molecular flexibility index (Phi) is 5.95. The molecule has 0 saturated heterocycles. The lowest BCUT2D eigenvalue weighted by Gasteiger charge is -2.30. The summed E-state index contributed by atoms with van der Waals surface area (Å²) >= 11 is 0. The molecule has 5 heteroatoms. The van der Waals surface area contributed by atoms with Crippen LogP contribution in [0.4, 0.5) is 5.69 Å². The van der Waals surface area contributed by atoms with Crippen molar-refractivity contribution < 1.29 is 9.90 Å². The van der Waals surface area contributed by atoms with Crippen LogP contribution in [0.25, 0.3) is 0 Å². The van der Waals surface area contributed by atoms with E-state index in [0.717, 1.165) is 12.2 Å². The predicted molar refractivity (Wildman–Crippen MR) is 81.4 cm³/mol. The van der Waals surface area contributed by atoms with Crippen molar-refractivity contribution in [2.75, 3.05) is 18.4 Å². The van der Waals surface area contributed by atoms with Crippen molar-refractivity contribution in [1.82, 2.24) is 9.88 Å². The third-order valence-corrected chi connectivity index (χ3v) is 3.28. The van der Waals surface area contributed by atoms with Gasteiger partial charge < -0.3 is 10.4 Å². The average Bonchev–Trinajstić information content (AvgIpc) is 2.33. The number of nitrogens with zero attached hydrogens (tertiary/aromatic N) is 2. The van der Waals surface area contributed by atoms with E-state index < -0.39 is 5.97 Å². The van der Waals surface area contributed by atoms with Crippen LogP contribution >= 0.6 is 0 Å². The Balaban J connectivity index is 2.70. The van der Waals surface area contributed by atoms with Crippen LogP contribution in [0.15, 0.2) is 12.3 Å². The molecule has 0 saturated carbocycles. The van der Waals surface area contributed by atoms with Crippen molar-refractivity contribution in [2.24, 2.45) is 0 Å². The number of aromatic carboxylic acids is 1. The summed E-state index contributed by atoms with van der Waals surface area (Å²) in [6, 6.07) is 2.71. The molecule has 0 aromatic carbocycles. The van der Waals surface area contributed by atoms with Crippen LogP contribution < -0.4 is 5.32 Å². The highest BCUT2D eigenvalue weighted by Crippen LogP contribution is 2.15. The number of nitrogens with one attached hydrogen (secondary N) is 1. The normalized spacial score (nSPS) is 11.4. The SMILES string of the molecule is Cc1cc(NCCN(C(C)C)C(C)C)c(C(=O)O)cn1. The minimum Gasteiger partial charge on any atom is -0.478 e. The zero-order valence-electron chi connectivity index (χ0n) is 13.0. The first-order valence-electron chi connectivity index (χ1n) is 7.02. The summed E-state index contributed by atoms with van der Waals surface area (Å²) in [6.45, 7) is 12.1. The van der Waals surface area contributed by atoms with E-state index in [1.165, 1.54) is 6.20 Å². The lowest BCUT2D eigenvalue weighted by Crippen LogP contribution is -2.40. The molecular formula is C15H25N3O2. The number of pyridine rings is 1. The fraction of sp³-hybridized carbons (Fsp3) is 0.600. The number of aryl methyl sites for hydroxylation is 1. The molecule has 0 bridgehead atoms. The van der Waals surface area contributed by atoms with Gasteiger partial charge in [-0.05, 0) is 40.7 Å². The van der Waals surface area contributed by atoms with Gasteiger partial charge in [0.15, 0.2) is 0 Å². The van der Waals surface area contributed by atoms with Gasteiger partial charge in [-0.3, -0.25) is 9.88 Å². The Morgan fingerprint density at radius 1 is 1.35 bits per heavy atom. The number of anilines is 1. The summed E-state index contributed by atoms with van der Waals surface area (Å²) in [5.74, 6) is -0.954. The van der Waals surface area contributed by atoms with Gasteiger partial charge in [0, 0.05) is 37.1 Å². The Morgan fingerprint density at radius 2 is 1.95 bits per heavy atom. The van der Waals surface area contributed by atoms with Gasteiger partial charge in [-0.2, -0.15) is 0 Å². The van der Waals surface area contributed by atoms with E-state index >= 15 is 0 Å². The predicted octanol–water partition coefficient (Wildman–Crippen LogP) is 2.62. The molecule has 0 unspecified atom stereocenters. The smallest absolute Gasteiger partial charge is 0.339 e. The molecule has 20 heavy (non-hydrogen) atoms. The number of rotatable bonds is 7. The highest BCUT2D eigenvalue weighted by molar-refractivity contribution is 5.93. The maximum atomic E-state index is 11.2. The molecule has 0 spiro atoms. The van der Waals surface area contributed by atoms with E-state index in [-0.39, 0.29) is 5.56 Å². The molecule has 0 atom stereocenters. The summed E-state index contributed by atoms with van der Waals surface area (Å²) in [5.41, 5.74) is 1.66. The second kappa shape index (κ2) is 7.24. The van der Waals surface area contributed by atoms with E-state index in [1.807, 2.05) is 6.92 Å². The van der Waals surface area contributed by atoms with Gasteiger partial charge in [0.1, 0.15) is 5.56 Å². The third kappa shape index (κ3) is 4.49. The second-order valence-corrected chi connectivity index (χ2v) is 5.53. The standard InChI is InChI=1S/C15H25N3O2/c1-10(2)18(11(3)4)7-6-16-14-8-12(5)17-9-13(14)15(19)20/h8-11H,6-7H2,1-5H3,(H,16,17)(H,19,20). The first-order chi connectivity index (χ1) is 9.32. The van der Waals surface area contributed by atoms with E-state index in [4.69, 9.17) is 5.11 Å². The van der Waals surface area contributed by atoms with Crippen molar-refractivity contribution in [3.8, 4) is 0 Å². The molecule has 1 aromatic rings. The van der Waals surface area contributed by atoms with Gasteiger partial charge in [0.05, 0.1) is 5.69 Å². The number of hydrogen-bond donors (Lipinski definition) is 2. The molecule has 0 aliphatic rings. The fourth-order valence-corrected chi connectivity index (χ4v) is 2.31. The van der Waals surface area contributed by atoms with E-state index in [0.29, 0.717) is 24.3 Å². The van der Waals surface area contributed by atoms with E-state index in [1.54, 1.807) is 6.07 Å². The molecule has 5 nitrogen and oxygen atoms in total. The quantitative estimate of drug-likeness (QED) is 0.803. The largest absolute Gasteiger partial charge is 0.478 e. The second-order valence-electron chi connectivity index (χ2n) is 5.53. The Morgan fingerprint density at radius 3 is 2.45 bits per heavy atom. The molecule has 0 radical (unpaired) electrons. The molecule has 0 aliphatic heterocycles. The molecule has 1 aromatic heterocycles. The van der Waals surface area contributed by atoms with Crippen molar-refractivity contribution in [3.05, 3.63) is 23.5 Å². The molecule has 1 rings (SSSR count). The van der Waals surface area contributed by atoms with Crippen molar-refractivity contribution in [1.29, 1.82) is 0 Å². The molecule has 112 valence electrons. The number of carboxylic acids is 1. The molecule has 0 aliphatic carbocycles. The lowest BCUT2D eigenvalue weighted by molar-refractivity contribution is 0.0697. The zero-order chi connectivity index (χ0) is 15.3. The average molecular weight is 279 g/mol. The molecular weight excluding hydrogens is 254 g/mol. The van der Waals surface area contributed by atoms with Crippen molar-refractivity contribution >= 4 is 11.7 Å². The first-order valence-corrected chi connectivity index (χ1v) is 7.02.